The zero-order valence-corrected chi connectivity index (χ0v) is 16.7. The molecule has 1 aliphatic carbocycles. The molecule has 5 heteroatoms. The fourth-order valence-electron chi connectivity index (χ4n) is 3.78. The minimum Gasteiger partial charge on any atom is -0.306 e. The number of nitrogens with zero attached hydrogens (tertiary/aromatic N) is 1. The van der Waals surface area contributed by atoms with Gasteiger partial charge < -0.3 is 4.52 Å². The van der Waals surface area contributed by atoms with Crippen molar-refractivity contribution in [1.82, 2.24) is 4.98 Å². The van der Waals surface area contributed by atoms with Gasteiger partial charge in [-0.2, -0.15) is 0 Å². The largest absolute Gasteiger partial charge is 0.325 e. The average Bonchev–Trinajstić information content (AvgIpc) is 2.63. The molecule has 3 rings (SSSR count). The molecule has 0 spiro atoms. The smallest absolute Gasteiger partial charge is 0.306 e. The lowest BCUT2D eigenvalue weighted by Gasteiger charge is -2.39. The van der Waals surface area contributed by atoms with E-state index in [9.17, 15) is 4.57 Å². The van der Waals surface area contributed by atoms with Crippen LogP contribution in [-0.2, 0) is 9.09 Å². The molecule has 26 heavy (non-hydrogen) atoms. The minimum absolute atomic E-state index is 0.0130. The van der Waals surface area contributed by atoms with Crippen molar-refractivity contribution in [2.24, 2.45) is 17.8 Å². The number of benzene rings is 1. The van der Waals surface area contributed by atoms with Crippen LogP contribution in [-0.4, -0.2) is 11.1 Å². The number of nitrogens with one attached hydrogen (secondary N) is 1. The van der Waals surface area contributed by atoms with Crippen LogP contribution in [0.25, 0.3) is 0 Å². The Morgan fingerprint density at radius 1 is 1.12 bits per heavy atom. The molecule has 1 aliphatic rings. The maximum atomic E-state index is 14.0. The van der Waals surface area contributed by atoms with Crippen LogP contribution in [0, 0.1) is 17.8 Å². The molecule has 140 valence electrons. The van der Waals surface area contributed by atoms with Gasteiger partial charge in [-0.1, -0.05) is 51.5 Å². The van der Waals surface area contributed by atoms with Crippen molar-refractivity contribution in [2.75, 3.05) is 5.09 Å². The van der Waals surface area contributed by atoms with Crippen molar-refractivity contribution in [3.8, 4) is 0 Å². The Labute approximate surface area is 156 Å². The van der Waals surface area contributed by atoms with Crippen molar-refractivity contribution in [3.63, 3.8) is 0 Å². The van der Waals surface area contributed by atoms with Crippen molar-refractivity contribution < 1.29 is 9.09 Å². The van der Waals surface area contributed by atoms with E-state index in [-0.39, 0.29) is 6.10 Å². The highest BCUT2D eigenvalue weighted by Crippen LogP contribution is 2.50. The van der Waals surface area contributed by atoms with E-state index in [0.717, 1.165) is 12.8 Å². The lowest BCUT2D eigenvalue weighted by Crippen LogP contribution is -2.35. The number of rotatable bonds is 6. The second-order valence-corrected chi connectivity index (χ2v) is 9.74. The lowest BCUT2D eigenvalue weighted by atomic mass is 9.75. The summed E-state index contributed by atoms with van der Waals surface area (Å²) in [4.78, 5) is 4.29. The van der Waals surface area contributed by atoms with Crippen molar-refractivity contribution in [3.05, 3.63) is 54.7 Å². The van der Waals surface area contributed by atoms with Gasteiger partial charge in [-0.15, -0.1) is 0 Å². The van der Waals surface area contributed by atoms with Gasteiger partial charge in [0.05, 0.1) is 11.4 Å². The van der Waals surface area contributed by atoms with Gasteiger partial charge >= 0.3 is 7.52 Å². The molecule has 0 radical (unpaired) electrons. The summed E-state index contributed by atoms with van der Waals surface area (Å²) in [5, 5.41) is 3.80. The van der Waals surface area contributed by atoms with Gasteiger partial charge in [0.25, 0.3) is 0 Å². The first-order chi connectivity index (χ1) is 12.5. The summed E-state index contributed by atoms with van der Waals surface area (Å²) in [5.41, 5.74) is 0. The van der Waals surface area contributed by atoms with Gasteiger partial charge in [0.1, 0.15) is 5.82 Å². The van der Waals surface area contributed by atoms with Gasteiger partial charge in [0.15, 0.2) is 0 Å². The van der Waals surface area contributed by atoms with Crippen LogP contribution < -0.4 is 10.4 Å². The van der Waals surface area contributed by atoms with E-state index in [1.807, 2.05) is 48.5 Å². The Bertz CT molecular complexity index is 736. The van der Waals surface area contributed by atoms with Crippen molar-refractivity contribution in [2.45, 2.75) is 46.1 Å². The summed E-state index contributed by atoms with van der Waals surface area (Å²) in [5.74, 6) is 2.10. The maximum Gasteiger partial charge on any atom is 0.325 e. The number of hydrogen-bond acceptors (Lipinski definition) is 3. The van der Waals surface area contributed by atoms with Gasteiger partial charge in [-0.25, -0.2) is 4.98 Å². The lowest BCUT2D eigenvalue weighted by molar-refractivity contribution is 0.0505. The third-order valence-corrected chi connectivity index (χ3v) is 7.34. The SMILES string of the molecule is CC(C)[C@H]1CC[C@@H](C)C[C@H]1O[P@@](=O)(Nc1ccccn1)c1ccccc1. The number of aromatic nitrogens is 1. The predicted molar refractivity (Wildman–Crippen MR) is 108 cm³/mol. The first kappa shape index (κ1) is 19.1. The summed E-state index contributed by atoms with van der Waals surface area (Å²) in [6.07, 6.45) is 4.97. The maximum absolute atomic E-state index is 14.0. The zero-order chi connectivity index (χ0) is 18.6. The molecule has 4 nitrogen and oxygen atoms in total. The second-order valence-electron chi connectivity index (χ2n) is 7.68. The molecular weight excluding hydrogens is 343 g/mol. The molecule has 0 bridgehead atoms. The molecule has 1 saturated carbocycles. The fourth-order valence-corrected chi connectivity index (χ4v) is 5.71. The highest BCUT2D eigenvalue weighted by Gasteiger charge is 2.38. The van der Waals surface area contributed by atoms with Gasteiger partial charge in [0.2, 0.25) is 0 Å². The molecule has 1 fully saturated rings. The van der Waals surface area contributed by atoms with E-state index >= 15 is 0 Å². The van der Waals surface area contributed by atoms with Crippen LogP contribution in [0.15, 0.2) is 54.7 Å². The van der Waals surface area contributed by atoms with Crippen LogP contribution in [0.4, 0.5) is 5.82 Å². The zero-order valence-electron chi connectivity index (χ0n) is 15.8. The van der Waals surface area contributed by atoms with E-state index < -0.39 is 7.52 Å². The normalized spacial score (nSPS) is 25.6. The summed E-state index contributed by atoms with van der Waals surface area (Å²) < 4.78 is 20.4. The Morgan fingerprint density at radius 3 is 2.50 bits per heavy atom. The topological polar surface area (TPSA) is 51.2 Å². The van der Waals surface area contributed by atoms with E-state index in [4.69, 9.17) is 4.52 Å². The summed E-state index contributed by atoms with van der Waals surface area (Å²) in [7, 11) is -3.28. The minimum atomic E-state index is -3.28. The molecule has 1 aromatic carbocycles. The monoisotopic (exact) mass is 372 g/mol. The third kappa shape index (κ3) is 4.55. The highest BCUT2D eigenvalue weighted by molar-refractivity contribution is 7.68. The molecule has 1 heterocycles. The highest BCUT2D eigenvalue weighted by atomic mass is 31.2. The van der Waals surface area contributed by atoms with E-state index in [1.165, 1.54) is 6.42 Å². The Morgan fingerprint density at radius 2 is 1.85 bits per heavy atom. The van der Waals surface area contributed by atoms with Crippen LogP contribution in [0.3, 0.4) is 0 Å². The molecule has 0 unspecified atom stereocenters. The van der Waals surface area contributed by atoms with E-state index in [0.29, 0.717) is 28.9 Å². The second kappa shape index (κ2) is 8.37. The van der Waals surface area contributed by atoms with Crippen LogP contribution in [0.5, 0.6) is 0 Å². The first-order valence-corrected chi connectivity index (χ1v) is 11.1. The van der Waals surface area contributed by atoms with Crippen LogP contribution in [0.1, 0.15) is 40.0 Å². The quantitative estimate of drug-likeness (QED) is 0.681. The molecule has 0 amide bonds. The first-order valence-electron chi connectivity index (χ1n) is 9.51. The number of anilines is 1. The van der Waals surface area contributed by atoms with Gasteiger partial charge in [-0.3, -0.25) is 9.65 Å². The van der Waals surface area contributed by atoms with Gasteiger partial charge in [-0.05, 0) is 54.9 Å². The average molecular weight is 372 g/mol. The number of hydrogen-bond donors (Lipinski definition) is 1. The molecule has 2 aromatic rings. The van der Waals surface area contributed by atoms with Crippen LogP contribution in [0.2, 0.25) is 0 Å². The Hall–Kier alpha value is -1.64. The predicted octanol–water partition coefficient (Wildman–Crippen LogP) is 5.49. The fraction of sp³-hybridized carbons (Fsp3) is 0.476. The molecule has 1 N–H and O–H groups in total. The molecule has 0 aliphatic heterocycles. The van der Waals surface area contributed by atoms with Crippen molar-refractivity contribution >= 4 is 18.6 Å². The summed E-state index contributed by atoms with van der Waals surface area (Å²) >= 11 is 0. The molecular formula is C21H29N2O2P. The van der Waals surface area contributed by atoms with Crippen LogP contribution >= 0.6 is 7.52 Å². The molecule has 0 saturated heterocycles. The third-order valence-electron chi connectivity index (χ3n) is 5.27. The summed E-state index contributed by atoms with van der Waals surface area (Å²) in [6.45, 7) is 6.72. The Balaban J connectivity index is 1.91. The van der Waals surface area contributed by atoms with Gasteiger partial charge in [0, 0.05) is 6.20 Å². The summed E-state index contributed by atoms with van der Waals surface area (Å²) in [6, 6.07) is 15.0. The molecule has 4 atom stereocenters. The standard InChI is InChI=1S/C21H29N2O2P/c1-16(2)19-13-12-17(3)15-20(19)25-26(24,18-9-5-4-6-10-18)23-21-11-7-8-14-22-21/h4-11,14,16-17,19-20H,12-13,15H2,1-3H3,(H,22,23,24)/t17-,19-,20-,26-/m1/s1. The molecule has 1 aromatic heterocycles. The Kier molecular flexibility index (Phi) is 6.16. The van der Waals surface area contributed by atoms with Crippen molar-refractivity contribution in [1.29, 1.82) is 0 Å². The van der Waals surface area contributed by atoms with E-state index in [1.54, 1.807) is 6.20 Å². The van der Waals surface area contributed by atoms with E-state index in [2.05, 4.69) is 30.8 Å². The number of pyridine rings is 1.